The zero-order chi connectivity index (χ0) is 14.4. The van der Waals surface area contributed by atoms with E-state index in [0.29, 0.717) is 13.0 Å². The summed E-state index contributed by atoms with van der Waals surface area (Å²) in [6.07, 6.45) is 2.07. The van der Waals surface area contributed by atoms with Gasteiger partial charge in [0.15, 0.2) is 5.78 Å². The van der Waals surface area contributed by atoms with Crippen molar-refractivity contribution in [3.8, 4) is 0 Å². The first-order valence-corrected chi connectivity index (χ1v) is 6.79. The lowest BCUT2D eigenvalue weighted by Crippen LogP contribution is -1.99. The molecule has 0 heterocycles. The number of benzene rings is 2. The molecule has 2 aromatic rings. The molecule has 0 saturated carbocycles. The summed E-state index contributed by atoms with van der Waals surface area (Å²) in [5.41, 5.74) is 4.31. The van der Waals surface area contributed by atoms with Gasteiger partial charge in [0.1, 0.15) is 0 Å². The lowest BCUT2D eigenvalue weighted by atomic mass is 10.1. The molecule has 0 bridgehead atoms. The second kappa shape index (κ2) is 6.80. The fourth-order valence-electron chi connectivity index (χ4n) is 1.87. The number of rotatable bonds is 5. The molecule has 0 N–H and O–H groups in total. The van der Waals surface area contributed by atoms with E-state index in [-0.39, 0.29) is 5.78 Å². The number of aliphatic imine (C=N–C) groups is 1. The van der Waals surface area contributed by atoms with Gasteiger partial charge in [-0.05, 0) is 19.4 Å². The molecule has 0 saturated heterocycles. The van der Waals surface area contributed by atoms with Crippen LogP contribution in [0.5, 0.6) is 0 Å². The molecule has 102 valence electrons. The smallest absolute Gasteiger partial charge is 0.168 e. The molecule has 0 aliphatic heterocycles. The Hall–Kier alpha value is -2.22. The minimum atomic E-state index is 0.109. The minimum absolute atomic E-state index is 0.109. The Bertz CT molecular complexity index is 594. The van der Waals surface area contributed by atoms with Gasteiger partial charge in [0, 0.05) is 18.2 Å². The largest absolute Gasteiger partial charge is 0.294 e. The highest BCUT2D eigenvalue weighted by molar-refractivity contribution is 6.03. The number of carbonyl (C=O) groups is 1. The number of hydrogen-bond donors (Lipinski definition) is 0. The molecule has 0 spiro atoms. The predicted octanol–water partition coefficient (Wildman–Crippen LogP) is 4.15. The van der Waals surface area contributed by atoms with E-state index in [0.717, 1.165) is 16.7 Å². The van der Waals surface area contributed by atoms with Crippen LogP contribution in [0.4, 0.5) is 0 Å². The van der Waals surface area contributed by atoms with Crippen molar-refractivity contribution in [2.24, 2.45) is 4.99 Å². The van der Waals surface area contributed by atoms with Crippen LogP contribution < -0.4 is 0 Å². The monoisotopic (exact) mass is 265 g/mol. The number of Topliss-reactive ketones (excluding diaryl/α,β-unsaturated/α-hetero) is 1. The van der Waals surface area contributed by atoms with Gasteiger partial charge in [0.25, 0.3) is 0 Å². The fourth-order valence-corrected chi connectivity index (χ4v) is 1.87. The third-order valence-corrected chi connectivity index (χ3v) is 3.17. The third-order valence-electron chi connectivity index (χ3n) is 3.17. The van der Waals surface area contributed by atoms with E-state index >= 15 is 0 Å². The molecule has 0 aromatic heterocycles. The Kier molecular flexibility index (Phi) is 4.83. The van der Waals surface area contributed by atoms with Crippen molar-refractivity contribution >= 4 is 12.0 Å². The van der Waals surface area contributed by atoms with Gasteiger partial charge in [0.2, 0.25) is 0 Å². The molecule has 2 nitrogen and oxygen atoms in total. The second-order valence-electron chi connectivity index (χ2n) is 5.00. The molecule has 0 atom stereocenters. The lowest BCUT2D eigenvalue weighted by Gasteiger charge is -1.99. The zero-order valence-corrected chi connectivity index (χ0v) is 12.0. The number of nitrogens with zero attached hydrogens (tertiary/aromatic N) is 1. The van der Waals surface area contributed by atoms with Gasteiger partial charge in [-0.15, -0.1) is 0 Å². The highest BCUT2D eigenvalue weighted by Gasteiger charge is 2.02. The van der Waals surface area contributed by atoms with Gasteiger partial charge in [-0.2, -0.15) is 0 Å². The van der Waals surface area contributed by atoms with E-state index in [4.69, 9.17) is 0 Å². The molecule has 0 aliphatic rings. The molecular formula is C18H19NO. The summed E-state index contributed by atoms with van der Waals surface area (Å²) < 4.78 is 0. The summed E-state index contributed by atoms with van der Waals surface area (Å²) >= 11 is 0. The Labute approximate surface area is 120 Å². The molecule has 20 heavy (non-hydrogen) atoms. The number of carbonyl (C=O) groups excluding carboxylic acids is 1. The van der Waals surface area contributed by atoms with Gasteiger partial charge in [-0.1, -0.05) is 59.7 Å². The topological polar surface area (TPSA) is 29.4 Å². The SMILES string of the molecule is Cc1ccc(CN=CCC(=O)c2ccc(C)cc2)cc1. The molecule has 0 unspecified atom stereocenters. The zero-order valence-electron chi connectivity index (χ0n) is 12.0. The standard InChI is InChI=1S/C18H19NO/c1-14-3-7-16(8-4-14)13-19-12-11-18(20)17-9-5-15(2)6-10-17/h3-10,12H,11,13H2,1-2H3. The normalized spacial score (nSPS) is 10.9. The van der Waals surface area contributed by atoms with Crippen LogP contribution in [0.3, 0.4) is 0 Å². The fraction of sp³-hybridized carbons (Fsp3) is 0.222. The molecular weight excluding hydrogens is 246 g/mol. The van der Waals surface area contributed by atoms with Crippen molar-refractivity contribution in [2.45, 2.75) is 26.8 Å². The van der Waals surface area contributed by atoms with Crippen molar-refractivity contribution in [3.63, 3.8) is 0 Å². The van der Waals surface area contributed by atoms with Crippen LogP contribution in [0.15, 0.2) is 53.5 Å². The van der Waals surface area contributed by atoms with E-state index < -0.39 is 0 Å². The number of hydrogen-bond acceptors (Lipinski definition) is 2. The van der Waals surface area contributed by atoms with Crippen LogP contribution in [-0.4, -0.2) is 12.0 Å². The van der Waals surface area contributed by atoms with Crippen molar-refractivity contribution in [1.29, 1.82) is 0 Å². The Morgan fingerprint density at radius 1 is 0.950 bits per heavy atom. The maximum atomic E-state index is 11.9. The molecule has 2 heteroatoms. The van der Waals surface area contributed by atoms with E-state index in [1.54, 1.807) is 6.21 Å². The van der Waals surface area contributed by atoms with Gasteiger partial charge in [-0.25, -0.2) is 0 Å². The van der Waals surface area contributed by atoms with Gasteiger partial charge in [0.05, 0.1) is 6.54 Å². The van der Waals surface area contributed by atoms with Crippen LogP contribution >= 0.6 is 0 Å². The average Bonchev–Trinajstić information content (AvgIpc) is 2.46. The maximum absolute atomic E-state index is 11.9. The Morgan fingerprint density at radius 3 is 2.10 bits per heavy atom. The van der Waals surface area contributed by atoms with E-state index in [2.05, 4.69) is 36.2 Å². The van der Waals surface area contributed by atoms with Crippen LogP contribution in [0.25, 0.3) is 0 Å². The summed E-state index contributed by atoms with van der Waals surface area (Å²) in [6.45, 7) is 4.70. The summed E-state index contributed by atoms with van der Waals surface area (Å²) in [7, 11) is 0. The van der Waals surface area contributed by atoms with Crippen LogP contribution in [0.1, 0.15) is 33.5 Å². The molecule has 2 aromatic carbocycles. The van der Waals surface area contributed by atoms with Crippen LogP contribution in [0.2, 0.25) is 0 Å². The first-order chi connectivity index (χ1) is 9.65. The highest BCUT2D eigenvalue weighted by Crippen LogP contribution is 2.06. The molecule has 0 aliphatic carbocycles. The van der Waals surface area contributed by atoms with Crippen molar-refractivity contribution in [1.82, 2.24) is 0 Å². The molecule has 0 amide bonds. The number of aryl methyl sites for hydroxylation is 2. The number of ketones is 1. The quantitative estimate of drug-likeness (QED) is 0.590. The third kappa shape index (κ3) is 4.16. The Balaban J connectivity index is 1.85. The van der Waals surface area contributed by atoms with Gasteiger partial charge in [-0.3, -0.25) is 9.79 Å². The second-order valence-corrected chi connectivity index (χ2v) is 5.00. The molecule has 0 fully saturated rings. The summed E-state index contributed by atoms with van der Waals surface area (Å²) in [5.74, 6) is 0.109. The molecule has 2 rings (SSSR count). The van der Waals surface area contributed by atoms with E-state index in [9.17, 15) is 4.79 Å². The first-order valence-electron chi connectivity index (χ1n) is 6.79. The average molecular weight is 265 g/mol. The summed E-state index contributed by atoms with van der Waals surface area (Å²) in [6, 6.07) is 15.9. The van der Waals surface area contributed by atoms with Gasteiger partial charge >= 0.3 is 0 Å². The van der Waals surface area contributed by atoms with Crippen LogP contribution in [-0.2, 0) is 6.54 Å². The predicted molar refractivity (Wildman–Crippen MR) is 83.5 cm³/mol. The minimum Gasteiger partial charge on any atom is -0.294 e. The van der Waals surface area contributed by atoms with Crippen molar-refractivity contribution in [2.75, 3.05) is 0 Å². The molecule has 0 radical (unpaired) electrons. The summed E-state index contributed by atoms with van der Waals surface area (Å²) in [4.78, 5) is 16.2. The van der Waals surface area contributed by atoms with Crippen molar-refractivity contribution < 1.29 is 4.79 Å². The van der Waals surface area contributed by atoms with Crippen LogP contribution in [0, 0.1) is 13.8 Å². The lowest BCUT2D eigenvalue weighted by molar-refractivity contribution is 0.100. The first kappa shape index (κ1) is 14.2. The van der Waals surface area contributed by atoms with Crippen molar-refractivity contribution in [3.05, 3.63) is 70.8 Å². The maximum Gasteiger partial charge on any atom is 0.168 e. The Morgan fingerprint density at radius 2 is 1.50 bits per heavy atom. The van der Waals surface area contributed by atoms with E-state index in [1.165, 1.54) is 5.56 Å². The highest BCUT2D eigenvalue weighted by atomic mass is 16.1. The van der Waals surface area contributed by atoms with E-state index in [1.807, 2.05) is 31.2 Å². The summed E-state index contributed by atoms with van der Waals surface area (Å²) in [5, 5.41) is 0. The van der Waals surface area contributed by atoms with Gasteiger partial charge < -0.3 is 0 Å².